The van der Waals surface area contributed by atoms with Crippen LogP contribution in [0.4, 0.5) is 0 Å². The molecule has 0 aromatic rings. The van der Waals surface area contributed by atoms with Gasteiger partial charge in [-0.05, 0) is 10.2 Å². The van der Waals surface area contributed by atoms with Crippen molar-refractivity contribution in [3.63, 3.8) is 0 Å². The Morgan fingerprint density at radius 2 is 2.12 bits per heavy atom. The number of rotatable bonds is 2. The second-order valence-corrected chi connectivity index (χ2v) is 2.57. The molecule has 0 unspecified atom stereocenters. The molecule has 8 heavy (non-hydrogen) atoms. The molecule has 0 amide bonds. The molecule has 1 nitrogen and oxygen atoms in total. The Kier molecular flexibility index (Phi) is 4.13. The van der Waals surface area contributed by atoms with Gasteiger partial charge >= 0.3 is 0 Å². The summed E-state index contributed by atoms with van der Waals surface area (Å²) >= 11 is 2.03. The quantitative estimate of drug-likeness (QED) is 0.518. The number of halogens is 1. The van der Waals surface area contributed by atoms with Crippen molar-refractivity contribution in [3.8, 4) is 0 Å². The second kappa shape index (κ2) is 4.06. The van der Waals surface area contributed by atoms with E-state index in [0.29, 0.717) is 0 Å². The molecular weight excluding hydrogens is 215 g/mol. The summed E-state index contributed by atoms with van der Waals surface area (Å²) in [5.41, 5.74) is 0. The standard InChI is InChI=1S/C6H9IO/c1-5(2)6(8)3-4-7/h3-5H,1-2H3/b4-3+. The molecule has 0 heterocycles. The van der Waals surface area contributed by atoms with Gasteiger partial charge in [0.05, 0.1) is 0 Å². The summed E-state index contributed by atoms with van der Waals surface area (Å²) in [4.78, 5) is 10.7. The molecule has 0 rings (SSSR count). The number of carbonyl (C=O) groups is 1. The zero-order chi connectivity index (χ0) is 6.57. The molecule has 0 aliphatic rings. The summed E-state index contributed by atoms with van der Waals surface area (Å²) in [5, 5.41) is 0. The SMILES string of the molecule is CC(C)C(=O)/C=C/I. The molecule has 0 N–H and O–H groups in total. The van der Waals surface area contributed by atoms with Crippen LogP contribution < -0.4 is 0 Å². The Morgan fingerprint density at radius 3 is 2.25 bits per heavy atom. The number of ketones is 1. The van der Waals surface area contributed by atoms with Crippen LogP contribution in [0, 0.1) is 5.92 Å². The molecule has 0 fully saturated rings. The molecule has 0 bridgehead atoms. The third-order valence-corrected chi connectivity index (χ3v) is 1.16. The van der Waals surface area contributed by atoms with Gasteiger partial charge in [-0.3, -0.25) is 4.79 Å². The fourth-order valence-electron chi connectivity index (χ4n) is 0.255. The monoisotopic (exact) mass is 224 g/mol. The van der Waals surface area contributed by atoms with E-state index in [-0.39, 0.29) is 11.7 Å². The predicted octanol–water partition coefficient (Wildman–Crippen LogP) is 2.16. The molecule has 0 aromatic carbocycles. The first-order valence-corrected chi connectivity index (χ1v) is 3.73. The van der Waals surface area contributed by atoms with Crippen molar-refractivity contribution in [1.82, 2.24) is 0 Å². The second-order valence-electron chi connectivity index (χ2n) is 1.85. The highest BCUT2D eigenvalue weighted by atomic mass is 127. The molecular formula is C6H9IO. The molecule has 2 heteroatoms. The van der Waals surface area contributed by atoms with Gasteiger partial charge in [0.15, 0.2) is 5.78 Å². The average Bonchev–Trinajstić information content (AvgIpc) is 1.67. The van der Waals surface area contributed by atoms with Gasteiger partial charge in [-0.2, -0.15) is 0 Å². The Bertz CT molecular complexity index is 105. The Hall–Kier alpha value is 0.140. The minimum absolute atomic E-state index is 0.140. The van der Waals surface area contributed by atoms with E-state index < -0.39 is 0 Å². The highest BCUT2D eigenvalue weighted by molar-refractivity contribution is 14.1. The zero-order valence-corrected chi connectivity index (χ0v) is 7.18. The molecule has 0 aliphatic heterocycles. The third kappa shape index (κ3) is 3.18. The fraction of sp³-hybridized carbons (Fsp3) is 0.500. The predicted molar refractivity (Wildman–Crippen MR) is 43.0 cm³/mol. The van der Waals surface area contributed by atoms with Crippen molar-refractivity contribution in [2.75, 3.05) is 0 Å². The molecule has 0 aliphatic carbocycles. The first-order chi connectivity index (χ1) is 3.68. The lowest BCUT2D eigenvalue weighted by molar-refractivity contribution is -0.117. The maximum Gasteiger partial charge on any atom is 0.158 e. The van der Waals surface area contributed by atoms with Crippen LogP contribution in [0.15, 0.2) is 10.2 Å². The van der Waals surface area contributed by atoms with Crippen LogP contribution in [0.3, 0.4) is 0 Å². The Labute approximate surface area is 63.3 Å². The maximum absolute atomic E-state index is 10.7. The van der Waals surface area contributed by atoms with Gasteiger partial charge in [0.1, 0.15) is 0 Å². The van der Waals surface area contributed by atoms with Crippen LogP contribution in [0.5, 0.6) is 0 Å². The van der Waals surface area contributed by atoms with Crippen LogP contribution in [0.25, 0.3) is 0 Å². The summed E-state index contributed by atoms with van der Waals surface area (Å²) in [6.45, 7) is 3.78. The normalized spacial score (nSPS) is 11.0. The third-order valence-electron chi connectivity index (χ3n) is 0.796. The lowest BCUT2D eigenvalue weighted by Crippen LogP contribution is -2.01. The summed E-state index contributed by atoms with van der Waals surface area (Å²) < 4.78 is 1.74. The van der Waals surface area contributed by atoms with Gasteiger partial charge in [0.2, 0.25) is 0 Å². The van der Waals surface area contributed by atoms with E-state index >= 15 is 0 Å². The summed E-state index contributed by atoms with van der Waals surface area (Å²) in [7, 11) is 0. The number of allylic oxidation sites excluding steroid dienone is 1. The maximum atomic E-state index is 10.7. The topological polar surface area (TPSA) is 17.1 Å². The smallest absolute Gasteiger partial charge is 0.158 e. The van der Waals surface area contributed by atoms with Gasteiger partial charge < -0.3 is 0 Å². The minimum Gasteiger partial charge on any atom is -0.295 e. The van der Waals surface area contributed by atoms with E-state index in [4.69, 9.17) is 0 Å². The van der Waals surface area contributed by atoms with Crippen molar-refractivity contribution in [1.29, 1.82) is 0 Å². The Balaban J connectivity index is 3.66. The highest BCUT2D eigenvalue weighted by Gasteiger charge is 1.99. The first-order valence-electron chi connectivity index (χ1n) is 2.49. The molecule has 0 spiro atoms. The van der Waals surface area contributed by atoms with Gasteiger partial charge in [0, 0.05) is 5.92 Å². The van der Waals surface area contributed by atoms with Gasteiger partial charge in [0.25, 0.3) is 0 Å². The lowest BCUT2D eigenvalue weighted by Gasteiger charge is -1.93. The van der Waals surface area contributed by atoms with E-state index in [1.54, 1.807) is 10.2 Å². The molecule has 0 aromatic heterocycles. The van der Waals surface area contributed by atoms with Crippen LogP contribution >= 0.6 is 22.6 Å². The van der Waals surface area contributed by atoms with Gasteiger partial charge in [-0.1, -0.05) is 36.4 Å². The van der Waals surface area contributed by atoms with Crippen molar-refractivity contribution < 1.29 is 4.79 Å². The first kappa shape index (κ1) is 8.14. The van der Waals surface area contributed by atoms with Gasteiger partial charge in [-0.25, -0.2) is 0 Å². The minimum atomic E-state index is 0.140. The molecule has 0 atom stereocenters. The van der Waals surface area contributed by atoms with E-state index in [2.05, 4.69) is 0 Å². The highest BCUT2D eigenvalue weighted by Crippen LogP contribution is 1.96. The van der Waals surface area contributed by atoms with Gasteiger partial charge in [-0.15, -0.1) is 0 Å². The van der Waals surface area contributed by atoms with Crippen LogP contribution in [-0.4, -0.2) is 5.78 Å². The summed E-state index contributed by atoms with van der Waals surface area (Å²) in [6.07, 6.45) is 1.59. The van der Waals surface area contributed by atoms with Crippen LogP contribution in [0.2, 0.25) is 0 Å². The number of hydrogen-bond acceptors (Lipinski definition) is 1. The number of hydrogen-bond donors (Lipinski definition) is 0. The van der Waals surface area contributed by atoms with Crippen molar-refractivity contribution in [2.45, 2.75) is 13.8 Å². The molecule has 0 saturated heterocycles. The van der Waals surface area contributed by atoms with E-state index in [1.165, 1.54) is 0 Å². The molecule has 0 radical (unpaired) electrons. The lowest BCUT2D eigenvalue weighted by atomic mass is 10.1. The fourth-order valence-corrected chi connectivity index (χ4v) is 0.609. The van der Waals surface area contributed by atoms with E-state index in [1.807, 2.05) is 36.4 Å². The van der Waals surface area contributed by atoms with Crippen LogP contribution in [-0.2, 0) is 4.79 Å². The van der Waals surface area contributed by atoms with Crippen LogP contribution in [0.1, 0.15) is 13.8 Å². The zero-order valence-electron chi connectivity index (χ0n) is 5.02. The molecule has 0 saturated carbocycles. The molecule has 46 valence electrons. The Morgan fingerprint density at radius 1 is 1.62 bits per heavy atom. The average molecular weight is 224 g/mol. The van der Waals surface area contributed by atoms with Crippen molar-refractivity contribution >= 4 is 28.4 Å². The number of carbonyl (C=O) groups excluding carboxylic acids is 1. The summed E-state index contributed by atoms with van der Waals surface area (Å²) in [5.74, 6) is 0.334. The van der Waals surface area contributed by atoms with E-state index in [0.717, 1.165) is 0 Å². The van der Waals surface area contributed by atoms with Crippen molar-refractivity contribution in [3.05, 3.63) is 10.2 Å². The summed E-state index contributed by atoms with van der Waals surface area (Å²) in [6, 6.07) is 0. The largest absolute Gasteiger partial charge is 0.295 e. The van der Waals surface area contributed by atoms with Crippen molar-refractivity contribution in [2.24, 2.45) is 5.92 Å². The van der Waals surface area contributed by atoms with E-state index in [9.17, 15) is 4.79 Å².